The van der Waals surface area contributed by atoms with Gasteiger partial charge in [0.05, 0.1) is 5.69 Å². The van der Waals surface area contributed by atoms with Gasteiger partial charge in [0, 0.05) is 11.1 Å². The number of H-pyrrole nitrogens is 1. The average molecular weight is 254 g/mol. The van der Waals surface area contributed by atoms with Gasteiger partial charge in [-0.05, 0) is 51.2 Å². The molecular formula is C16H18N2O. The molecule has 0 spiro atoms. The molecule has 0 saturated heterocycles. The van der Waals surface area contributed by atoms with E-state index in [4.69, 9.17) is 4.98 Å². The second kappa shape index (κ2) is 4.65. The van der Waals surface area contributed by atoms with E-state index in [1.807, 2.05) is 6.92 Å². The SMILES string of the molecule is Cc1ccc(C)c(-c2nc3c(c(=O)[nH]2)CCCC3)c1. The highest BCUT2D eigenvalue weighted by atomic mass is 16.1. The van der Waals surface area contributed by atoms with E-state index < -0.39 is 0 Å². The highest BCUT2D eigenvalue weighted by Gasteiger charge is 2.16. The van der Waals surface area contributed by atoms with Crippen LogP contribution in [0.1, 0.15) is 35.2 Å². The molecule has 3 rings (SSSR count). The van der Waals surface area contributed by atoms with Crippen molar-refractivity contribution in [3.63, 3.8) is 0 Å². The van der Waals surface area contributed by atoms with Crippen LogP contribution >= 0.6 is 0 Å². The van der Waals surface area contributed by atoms with Crippen molar-refractivity contribution >= 4 is 0 Å². The van der Waals surface area contributed by atoms with Crippen molar-refractivity contribution in [2.75, 3.05) is 0 Å². The lowest BCUT2D eigenvalue weighted by Crippen LogP contribution is -2.21. The maximum absolute atomic E-state index is 12.2. The molecule has 0 bridgehead atoms. The maximum atomic E-state index is 12.2. The van der Waals surface area contributed by atoms with Crippen LogP contribution in [-0.4, -0.2) is 9.97 Å². The monoisotopic (exact) mass is 254 g/mol. The van der Waals surface area contributed by atoms with Crippen LogP contribution in [0.2, 0.25) is 0 Å². The number of hydrogen-bond donors (Lipinski definition) is 1. The van der Waals surface area contributed by atoms with Crippen molar-refractivity contribution in [2.45, 2.75) is 39.5 Å². The Morgan fingerprint density at radius 3 is 2.79 bits per heavy atom. The zero-order valence-corrected chi connectivity index (χ0v) is 11.4. The van der Waals surface area contributed by atoms with Crippen molar-refractivity contribution in [1.82, 2.24) is 9.97 Å². The number of benzene rings is 1. The fourth-order valence-electron chi connectivity index (χ4n) is 2.72. The van der Waals surface area contributed by atoms with E-state index in [1.54, 1.807) is 0 Å². The molecule has 1 N–H and O–H groups in total. The number of rotatable bonds is 1. The first-order valence-electron chi connectivity index (χ1n) is 6.85. The van der Waals surface area contributed by atoms with E-state index >= 15 is 0 Å². The van der Waals surface area contributed by atoms with Crippen molar-refractivity contribution in [2.24, 2.45) is 0 Å². The Morgan fingerprint density at radius 1 is 1.16 bits per heavy atom. The van der Waals surface area contributed by atoms with Crippen molar-refractivity contribution in [3.05, 3.63) is 50.9 Å². The van der Waals surface area contributed by atoms with Crippen LogP contribution in [0.15, 0.2) is 23.0 Å². The summed E-state index contributed by atoms with van der Waals surface area (Å²) in [6.07, 6.45) is 4.03. The Kier molecular flexibility index (Phi) is 2.97. The van der Waals surface area contributed by atoms with Crippen LogP contribution in [0, 0.1) is 13.8 Å². The van der Waals surface area contributed by atoms with Gasteiger partial charge < -0.3 is 4.98 Å². The summed E-state index contributed by atoms with van der Waals surface area (Å²) < 4.78 is 0. The maximum Gasteiger partial charge on any atom is 0.254 e. The first-order valence-corrected chi connectivity index (χ1v) is 6.85. The summed E-state index contributed by atoms with van der Waals surface area (Å²) in [5.74, 6) is 0.715. The molecule has 3 heteroatoms. The Balaban J connectivity index is 2.18. The average Bonchev–Trinajstić information content (AvgIpc) is 2.41. The number of fused-ring (bicyclic) bond motifs is 1. The minimum Gasteiger partial charge on any atom is -0.306 e. The fraction of sp³-hybridized carbons (Fsp3) is 0.375. The highest BCUT2D eigenvalue weighted by molar-refractivity contribution is 5.61. The highest BCUT2D eigenvalue weighted by Crippen LogP contribution is 2.23. The molecule has 98 valence electrons. The molecule has 0 aliphatic heterocycles. The predicted octanol–water partition coefficient (Wildman–Crippen LogP) is 2.93. The lowest BCUT2D eigenvalue weighted by Gasteiger charge is -2.15. The quantitative estimate of drug-likeness (QED) is 0.850. The van der Waals surface area contributed by atoms with Gasteiger partial charge >= 0.3 is 0 Å². The van der Waals surface area contributed by atoms with Crippen molar-refractivity contribution < 1.29 is 0 Å². The van der Waals surface area contributed by atoms with Crippen molar-refractivity contribution in [3.8, 4) is 11.4 Å². The number of aromatic nitrogens is 2. The summed E-state index contributed by atoms with van der Waals surface area (Å²) >= 11 is 0. The molecule has 1 aliphatic carbocycles. The largest absolute Gasteiger partial charge is 0.306 e. The molecule has 0 fully saturated rings. The minimum atomic E-state index is 0.0422. The summed E-state index contributed by atoms with van der Waals surface area (Å²) in [6.45, 7) is 4.10. The lowest BCUT2D eigenvalue weighted by atomic mass is 9.96. The van der Waals surface area contributed by atoms with Gasteiger partial charge in [-0.3, -0.25) is 4.79 Å². The number of aryl methyl sites for hydroxylation is 3. The summed E-state index contributed by atoms with van der Waals surface area (Å²) in [6, 6.07) is 6.24. The first kappa shape index (κ1) is 12.2. The summed E-state index contributed by atoms with van der Waals surface area (Å²) in [7, 11) is 0. The van der Waals surface area contributed by atoms with Gasteiger partial charge in [0.25, 0.3) is 5.56 Å². The minimum absolute atomic E-state index is 0.0422. The predicted molar refractivity (Wildman–Crippen MR) is 76.4 cm³/mol. The van der Waals surface area contributed by atoms with E-state index in [2.05, 4.69) is 30.1 Å². The molecule has 19 heavy (non-hydrogen) atoms. The molecule has 0 amide bonds. The third-order valence-electron chi connectivity index (χ3n) is 3.84. The van der Waals surface area contributed by atoms with Crippen LogP contribution in [-0.2, 0) is 12.8 Å². The van der Waals surface area contributed by atoms with Gasteiger partial charge in [0.1, 0.15) is 5.82 Å². The molecule has 1 heterocycles. The number of nitrogens with one attached hydrogen (secondary N) is 1. The molecule has 3 nitrogen and oxygen atoms in total. The smallest absolute Gasteiger partial charge is 0.254 e. The Hall–Kier alpha value is -1.90. The van der Waals surface area contributed by atoms with Crippen LogP contribution in [0.3, 0.4) is 0 Å². The Morgan fingerprint density at radius 2 is 1.95 bits per heavy atom. The van der Waals surface area contributed by atoms with Crippen LogP contribution in [0.25, 0.3) is 11.4 Å². The summed E-state index contributed by atoms with van der Waals surface area (Å²) in [5.41, 5.74) is 5.28. The third-order valence-corrected chi connectivity index (χ3v) is 3.84. The van der Waals surface area contributed by atoms with E-state index in [9.17, 15) is 4.79 Å². The second-order valence-electron chi connectivity index (χ2n) is 5.37. The summed E-state index contributed by atoms with van der Waals surface area (Å²) in [5, 5.41) is 0. The zero-order valence-electron chi connectivity index (χ0n) is 11.4. The molecule has 2 aromatic rings. The van der Waals surface area contributed by atoms with Gasteiger partial charge in [-0.25, -0.2) is 4.98 Å². The van der Waals surface area contributed by atoms with E-state index in [0.29, 0.717) is 5.82 Å². The van der Waals surface area contributed by atoms with E-state index in [1.165, 1.54) is 5.56 Å². The van der Waals surface area contributed by atoms with Crippen molar-refractivity contribution in [1.29, 1.82) is 0 Å². The van der Waals surface area contributed by atoms with Gasteiger partial charge in [0.2, 0.25) is 0 Å². The molecule has 0 radical (unpaired) electrons. The van der Waals surface area contributed by atoms with Crippen LogP contribution < -0.4 is 5.56 Å². The fourth-order valence-corrected chi connectivity index (χ4v) is 2.72. The molecule has 1 aromatic heterocycles. The second-order valence-corrected chi connectivity index (χ2v) is 5.37. The first-order chi connectivity index (χ1) is 9.15. The number of nitrogens with zero attached hydrogens (tertiary/aromatic N) is 1. The van der Waals surface area contributed by atoms with Gasteiger partial charge in [-0.15, -0.1) is 0 Å². The molecule has 1 aromatic carbocycles. The van der Waals surface area contributed by atoms with Crippen LogP contribution in [0.5, 0.6) is 0 Å². The molecule has 0 atom stereocenters. The standard InChI is InChI=1S/C16H18N2O/c1-10-7-8-11(2)13(9-10)15-17-14-6-4-3-5-12(14)16(19)18-15/h7-9H,3-6H2,1-2H3,(H,17,18,19). The van der Waals surface area contributed by atoms with E-state index in [0.717, 1.165) is 48.1 Å². The third kappa shape index (κ3) is 2.21. The Labute approximate surface area is 112 Å². The number of hydrogen-bond acceptors (Lipinski definition) is 2. The van der Waals surface area contributed by atoms with E-state index in [-0.39, 0.29) is 5.56 Å². The normalized spacial score (nSPS) is 14.2. The molecule has 0 saturated carbocycles. The molecule has 0 unspecified atom stereocenters. The van der Waals surface area contributed by atoms with Gasteiger partial charge in [-0.1, -0.05) is 17.7 Å². The summed E-state index contributed by atoms with van der Waals surface area (Å²) in [4.78, 5) is 19.8. The molecular weight excluding hydrogens is 236 g/mol. The van der Waals surface area contributed by atoms with Gasteiger partial charge in [-0.2, -0.15) is 0 Å². The van der Waals surface area contributed by atoms with Gasteiger partial charge in [0.15, 0.2) is 0 Å². The topological polar surface area (TPSA) is 45.8 Å². The Bertz CT molecular complexity index is 686. The molecule has 1 aliphatic rings. The zero-order chi connectivity index (χ0) is 13.4. The number of aromatic amines is 1. The van der Waals surface area contributed by atoms with Crippen LogP contribution in [0.4, 0.5) is 0 Å². The lowest BCUT2D eigenvalue weighted by molar-refractivity contribution is 0.657.